The fourth-order valence-electron chi connectivity index (χ4n) is 0.786. The van der Waals surface area contributed by atoms with Crippen molar-refractivity contribution in [3.63, 3.8) is 0 Å². The number of amides is 2. The Morgan fingerprint density at radius 3 is 3.14 bits per heavy atom. The van der Waals surface area contributed by atoms with Gasteiger partial charge in [0.2, 0.25) is 6.08 Å². The highest BCUT2D eigenvalue weighted by Crippen LogP contribution is 2.02. The van der Waals surface area contributed by atoms with Crippen molar-refractivity contribution in [2.24, 2.45) is 4.99 Å². The first kappa shape index (κ1) is 9.94. The number of carbonyl (C=O) groups excluding carboxylic acids is 2. The van der Waals surface area contributed by atoms with Crippen molar-refractivity contribution in [2.75, 3.05) is 12.0 Å². The number of isocyanates is 1. The lowest BCUT2D eigenvalue weighted by molar-refractivity contribution is 0.252. The highest BCUT2D eigenvalue weighted by molar-refractivity contribution is 5.88. The van der Waals surface area contributed by atoms with E-state index in [-0.39, 0.29) is 6.67 Å². The second-order valence-corrected chi connectivity index (χ2v) is 2.47. The van der Waals surface area contributed by atoms with E-state index >= 15 is 0 Å². The normalized spacial score (nSPS) is 8.93. The molecule has 0 aromatic carbocycles. The summed E-state index contributed by atoms with van der Waals surface area (Å²) in [5.74, 6) is 0.412. The Morgan fingerprint density at radius 1 is 1.79 bits per heavy atom. The van der Waals surface area contributed by atoms with Crippen molar-refractivity contribution in [1.29, 1.82) is 0 Å². The predicted octanol–water partition coefficient (Wildman–Crippen LogP) is 0.133. The van der Waals surface area contributed by atoms with Gasteiger partial charge in [-0.3, -0.25) is 10.4 Å². The van der Waals surface area contributed by atoms with Crippen LogP contribution in [0.4, 0.5) is 10.6 Å². The number of rotatable bonds is 3. The second-order valence-electron chi connectivity index (χ2n) is 2.47. The van der Waals surface area contributed by atoms with Crippen LogP contribution in [0.3, 0.4) is 0 Å². The van der Waals surface area contributed by atoms with Crippen LogP contribution in [-0.4, -0.2) is 29.0 Å². The van der Waals surface area contributed by atoms with Gasteiger partial charge in [0, 0.05) is 11.8 Å². The molecule has 0 bridgehead atoms. The number of aromatic nitrogens is 2. The smallest absolute Gasteiger partial charge is 0.318 e. The first-order valence-electron chi connectivity index (χ1n) is 3.83. The molecule has 7 heteroatoms. The van der Waals surface area contributed by atoms with Crippen LogP contribution in [0.5, 0.6) is 0 Å². The molecule has 1 aromatic heterocycles. The third kappa shape index (κ3) is 3.08. The number of aromatic amines is 1. The first-order chi connectivity index (χ1) is 6.72. The van der Waals surface area contributed by atoms with Crippen LogP contribution in [0.15, 0.2) is 11.1 Å². The number of hydrogen-bond donors (Lipinski definition) is 3. The molecule has 0 saturated heterocycles. The Labute approximate surface area is 79.6 Å². The van der Waals surface area contributed by atoms with Gasteiger partial charge in [-0.1, -0.05) is 0 Å². The molecule has 0 aliphatic carbocycles. The van der Waals surface area contributed by atoms with Gasteiger partial charge in [0.25, 0.3) is 0 Å². The minimum Gasteiger partial charge on any atom is -0.318 e. The van der Waals surface area contributed by atoms with Gasteiger partial charge in [-0.15, -0.1) is 0 Å². The lowest BCUT2D eigenvalue weighted by Crippen LogP contribution is -2.28. The molecule has 0 fully saturated rings. The zero-order chi connectivity index (χ0) is 10.4. The topological polar surface area (TPSA) is 99.2 Å². The van der Waals surface area contributed by atoms with Crippen molar-refractivity contribution >= 4 is 17.9 Å². The Bertz CT molecular complexity index is 366. The molecule has 0 spiro atoms. The zero-order valence-corrected chi connectivity index (χ0v) is 7.50. The average molecular weight is 195 g/mol. The molecule has 0 unspecified atom stereocenters. The molecular formula is C7H9N5O2. The summed E-state index contributed by atoms with van der Waals surface area (Å²) >= 11 is 0. The SMILES string of the molecule is Cc1cc(NC(=O)NCN=C=O)n[nH]1. The summed E-state index contributed by atoms with van der Waals surface area (Å²) < 4.78 is 0. The quantitative estimate of drug-likeness (QED) is 0.472. The average Bonchev–Trinajstić information content (AvgIpc) is 2.52. The van der Waals surface area contributed by atoms with Crippen molar-refractivity contribution in [3.8, 4) is 0 Å². The summed E-state index contributed by atoms with van der Waals surface area (Å²) in [6.45, 7) is 1.71. The van der Waals surface area contributed by atoms with E-state index in [0.717, 1.165) is 5.69 Å². The van der Waals surface area contributed by atoms with E-state index in [1.807, 2.05) is 6.92 Å². The maximum atomic E-state index is 11.0. The fourth-order valence-corrected chi connectivity index (χ4v) is 0.786. The monoisotopic (exact) mass is 195 g/mol. The molecule has 0 saturated carbocycles. The van der Waals surface area contributed by atoms with Gasteiger partial charge >= 0.3 is 6.03 Å². The minimum atomic E-state index is -0.476. The van der Waals surface area contributed by atoms with Crippen LogP contribution in [0, 0.1) is 6.92 Å². The molecule has 1 rings (SSSR count). The van der Waals surface area contributed by atoms with E-state index < -0.39 is 6.03 Å². The lowest BCUT2D eigenvalue weighted by Gasteiger charge is -2.00. The van der Waals surface area contributed by atoms with Gasteiger partial charge in [-0.25, -0.2) is 9.59 Å². The Morgan fingerprint density at radius 2 is 2.57 bits per heavy atom. The predicted molar refractivity (Wildman–Crippen MR) is 48.5 cm³/mol. The third-order valence-corrected chi connectivity index (χ3v) is 1.33. The van der Waals surface area contributed by atoms with Crippen molar-refractivity contribution in [2.45, 2.75) is 6.92 Å². The largest absolute Gasteiger partial charge is 0.321 e. The maximum absolute atomic E-state index is 11.0. The molecule has 0 radical (unpaired) electrons. The number of nitrogens with zero attached hydrogens (tertiary/aromatic N) is 2. The number of urea groups is 1. The number of nitrogens with one attached hydrogen (secondary N) is 3. The van der Waals surface area contributed by atoms with Gasteiger partial charge in [-0.2, -0.15) is 10.1 Å². The molecule has 0 aliphatic heterocycles. The van der Waals surface area contributed by atoms with Gasteiger partial charge in [0.15, 0.2) is 5.82 Å². The second kappa shape index (κ2) is 4.78. The molecule has 74 valence electrons. The van der Waals surface area contributed by atoms with E-state index in [4.69, 9.17) is 0 Å². The summed E-state index contributed by atoms with van der Waals surface area (Å²) in [7, 11) is 0. The van der Waals surface area contributed by atoms with Crippen molar-refractivity contribution < 1.29 is 9.59 Å². The molecular weight excluding hydrogens is 186 g/mol. The van der Waals surface area contributed by atoms with Crippen LogP contribution in [0.2, 0.25) is 0 Å². The lowest BCUT2D eigenvalue weighted by atomic mass is 10.5. The fraction of sp³-hybridized carbons (Fsp3) is 0.286. The van der Waals surface area contributed by atoms with Gasteiger partial charge in [0.05, 0.1) is 0 Å². The van der Waals surface area contributed by atoms with Crippen molar-refractivity contribution in [1.82, 2.24) is 15.5 Å². The maximum Gasteiger partial charge on any atom is 0.321 e. The number of hydrogen-bond acceptors (Lipinski definition) is 4. The van der Waals surface area contributed by atoms with E-state index in [9.17, 15) is 9.59 Å². The highest BCUT2D eigenvalue weighted by atomic mass is 16.2. The van der Waals surface area contributed by atoms with Crippen LogP contribution >= 0.6 is 0 Å². The third-order valence-electron chi connectivity index (χ3n) is 1.33. The minimum absolute atomic E-state index is 0.0985. The van der Waals surface area contributed by atoms with Gasteiger partial charge in [0.1, 0.15) is 6.67 Å². The molecule has 2 amide bonds. The molecule has 7 nitrogen and oxygen atoms in total. The Kier molecular flexibility index (Phi) is 3.40. The summed E-state index contributed by atoms with van der Waals surface area (Å²) in [5, 5.41) is 11.2. The molecule has 14 heavy (non-hydrogen) atoms. The van der Waals surface area contributed by atoms with E-state index in [0.29, 0.717) is 5.82 Å². The summed E-state index contributed by atoms with van der Waals surface area (Å²) in [5.41, 5.74) is 0.839. The molecule has 0 aliphatic rings. The van der Waals surface area contributed by atoms with E-state index in [2.05, 4.69) is 25.8 Å². The molecule has 3 N–H and O–H groups in total. The Hall–Kier alpha value is -2.14. The molecule has 0 atom stereocenters. The van der Waals surface area contributed by atoms with Crippen LogP contribution < -0.4 is 10.6 Å². The number of H-pyrrole nitrogens is 1. The molecule has 1 heterocycles. The van der Waals surface area contributed by atoms with Crippen molar-refractivity contribution in [3.05, 3.63) is 11.8 Å². The van der Waals surface area contributed by atoms with Gasteiger partial charge < -0.3 is 5.32 Å². The summed E-state index contributed by atoms with van der Waals surface area (Å²) in [6, 6.07) is 1.19. The van der Waals surface area contributed by atoms with Crippen LogP contribution in [-0.2, 0) is 4.79 Å². The number of aliphatic imine (C=N–C) groups is 1. The molecule has 1 aromatic rings. The first-order valence-corrected chi connectivity index (χ1v) is 3.83. The Balaban J connectivity index is 2.37. The van der Waals surface area contributed by atoms with E-state index in [1.165, 1.54) is 6.08 Å². The standard InChI is InChI=1S/C7H9N5O2/c1-5-2-6(12-11-5)10-7(14)9-3-8-4-13/h2H,3H2,1H3,(H3,9,10,11,12,14). The highest BCUT2D eigenvalue weighted by Gasteiger charge is 2.02. The zero-order valence-electron chi connectivity index (χ0n) is 7.50. The van der Waals surface area contributed by atoms with Gasteiger partial charge in [-0.05, 0) is 6.92 Å². The number of aryl methyl sites for hydroxylation is 1. The van der Waals surface area contributed by atoms with Crippen LogP contribution in [0.25, 0.3) is 0 Å². The van der Waals surface area contributed by atoms with E-state index in [1.54, 1.807) is 6.07 Å². The number of anilines is 1. The van der Waals surface area contributed by atoms with Crippen LogP contribution in [0.1, 0.15) is 5.69 Å². The summed E-state index contributed by atoms with van der Waals surface area (Å²) in [6.07, 6.45) is 1.30. The number of carbonyl (C=O) groups is 1. The summed E-state index contributed by atoms with van der Waals surface area (Å²) in [4.78, 5) is 23.9.